The quantitative estimate of drug-likeness (QED) is 0.293. The Kier molecular flexibility index (Phi) is 9.14. The van der Waals surface area contributed by atoms with E-state index >= 15 is 0 Å². The largest absolute Gasteiger partial charge is 0.491 e. The summed E-state index contributed by atoms with van der Waals surface area (Å²) in [5.41, 5.74) is 2.74. The molecule has 0 bridgehead atoms. The Morgan fingerprint density at radius 2 is 1.75 bits per heavy atom. The van der Waals surface area contributed by atoms with Crippen molar-refractivity contribution in [3.63, 3.8) is 0 Å². The third-order valence-electron chi connectivity index (χ3n) is 6.46. The van der Waals surface area contributed by atoms with Gasteiger partial charge in [-0.05, 0) is 72.2 Å². The summed E-state index contributed by atoms with van der Waals surface area (Å²) in [6.07, 6.45) is 4.54. The van der Waals surface area contributed by atoms with Crippen LogP contribution in [0.15, 0.2) is 85.0 Å². The normalized spacial score (nSPS) is 16.7. The van der Waals surface area contributed by atoms with Crippen molar-refractivity contribution in [2.24, 2.45) is 0 Å². The van der Waals surface area contributed by atoms with Crippen molar-refractivity contribution in [2.45, 2.75) is 64.1 Å². The first-order chi connectivity index (χ1) is 17.2. The molecule has 1 aliphatic carbocycles. The summed E-state index contributed by atoms with van der Waals surface area (Å²) in [5, 5.41) is 0. The van der Waals surface area contributed by atoms with Gasteiger partial charge in [0.15, 0.2) is 5.78 Å². The highest BCUT2D eigenvalue weighted by molar-refractivity contribution is 6.02. The zero-order chi connectivity index (χ0) is 26.3. The molecular weight excluding hydrogens is 461 g/mol. The number of rotatable bonds is 11. The molecule has 2 aromatic rings. The maximum atomic E-state index is 13.5. The van der Waals surface area contributed by atoms with E-state index in [2.05, 4.69) is 27.0 Å². The van der Waals surface area contributed by atoms with Crippen LogP contribution < -0.4 is 4.74 Å². The summed E-state index contributed by atoms with van der Waals surface area (Å²) in [7, 11) is 0. The van der Waals surface area contributed by atoms with Gasteiger partial charge in [-0.2, -0.15) is 13.2 Å². The molecule has 0 saturated heterocycles. The lowest BCUT2D eigenvalue weighted by molar-refractivity contribution is -0.116. The number of ketones is 1. The highest BCUT2D eigenvalue weighted by atomic mass is 19.4. The average Bonchev–Trinajstić information content (AvgIpc) is 2.84. The third-order valence-corrected chi connectivity index (χ3v) is 6.46. The van der Waals surface area contributed by atoms with Crippen LogP contribution in [0.4, 0.5) is 13.2 Å². The van der Waals surface area contributed by atoms with Crippen LogP contribution in [0.2, 0.25) is 0 Å². The van der Waals surface area contributed by atoms with Gasteiger partial charge in [0.25, 0.3) is 0 Å². The highest BCUT2D eigenvalue weighted by Crippen LogP contribution is 2.38. The molecule has 0 radical (unpaired) electrons. The van der Waals surface area contributed by atoms with E-state index in [9.17, 15) is 18.0 Å². The molecule has 0 amide bonds. The van der Waals surface area contributed by atoms with Crippen molar-refractivity contribution in [1.82, 2.24) is 0 Å². The van der Waals surface area contributed by atoms with Gasteiger partial charge in [-0.25, -0.2) is 0 Å². The van der Waals surface area contributed by atoms with Crippen LogP contribution in [0, 0.1) is 0 Å². The van der Waals surface area contributed by atoms with Crippen LogP contribution in [-0.2, 0) is 11.2 Å². The molecule has 3 rings (SSSR count). The van der Waals surface area contributed by atoms with E-state index in [0.717, 1.165) is 53.3 Å². The van der Waals surface area contributed by atoms with Gasteiger partial charge < -0.3 is 4.74 Å². The van der Waals surface area contributed by atoms with Gasteiger partial charge in [-0.3, -0.25) is 4.79 Å². The fraction of sp³-hybridized carbons (Fsp3) is 0.323. The summed E-state index contributed by atoms with van der Waals surface area (Å²) in [4.78, 5) is 12.8. The smallest absolute Gasteiger partial charge is 0.416 e. The monoisotopic (exact) mass is 494 g/mol. The molecule has 190 valence electrons. The number of alkyl halides is 3. The Balaban J connectivity index is 1.82. The van der Waals surface area contributed by atoms with Crippen LogP contribution >= 0.6 is 0 Å². The van der Waals surface area contributed by atoms with E-state index in [0.29, 0.717) is 6.42 Å². The fourth-order valence-electron chi connectivity index (χ4n) is 4.50. The van der Waals surface area contributed by atoms with Crippen molar-refractivity contribution in [2.75, 3.05) is 0 Å². The number of fused-ring (bicyclic) bond motifs is 1. The number of ether oxygens (including phenoxy) is 1. The minimum atomic E-state index is -4.56. The minimum absolute atomic E-state index is 0.0359. The fourth-order valence-corrected chi connectivity index (χ4v) is 4.50. The van der Waals surface area contributed by atoms with Crippen LogP contribution in [-0.4, -0.2) is 18.1 Å². The predicted molar refractivity (Wildman–Crippen MR) is 140 cm³/mol. The van der Waals surface area contributed by atoms with E-state index in [1.54, 1.807) is 6.08 Å². The Morgan fingerprint density at radius 1 is 1.06 bits per heavy atom. The Morgan fingerprint density at radius 3 is 2.36 bits per heavy atom. The first kappa shape index (κ1) is 27.3. The van der Waals surface area contributed by atoms with Gasteiger partial charge in [-0.1, -0.05) is 81.5 Å². The van der Waals surface area contributed by atoms with Gasteiger partial charge in [0.2, 0.25) is 0 Å². The number of benzene rings is 2. The molecule has 0 fully saturated rings. The second kappa shape index (κ2) is 12.1. The SMILES string of the molecule is C=C/C(CC1C(=O)C=Cc2ccc(Cc3ccc(OC(C)CCCC)cc3)cc21)=C(\C=C)C(F)(F)F. The highest BCUT2D eigenvalue weighted by Gasteiger charge is 2.35. The van der Waals surface area contributed by atoms with E-state index in [4.69, 9.17) is 4.74 Å². The van der Waals surface area contributed by atoms with Crippen LogP contribution in [0.3, 0.4) is 0 Å². The molecule has 2 nitrogen and oxygen atoms in total. The molecule has 0 saturated carbocycles. The molecule has 0 heterocycles. The van der Waals surface area contributed by atoms with Crippen molar-refractivity contribution in [3.8, 4) is 5.75 Å². The summed E-state index contributed by atoms with van der Waals surface area (Å²) in [6, 6.07) is 13.8. The number of hydrogen-bond donors (Lipinski definition) is 0. The van der Waals surface area contributed by atoms with Crippen LogP contribution in [0.25, 0.3) is 6.08 Å². The van der Waals surface area contributed by atoms with Crippen molar-refractivity contribution in [3.05, 3.63) is 107 Å². The van der Waals surface area contributed by atoms with Gasteiger partial charge >= 0.3 is 6.18 Å². The van der Waals surface area contributed by atoms with E-state index < -0.39 is 17.7 Å². The zero-order valence-electron chi connectivity index (χ0n) is 20.9. The van der Waals surface area contributed by atoms with Gasteiger partial charge in [0.05, 0.1) is 17.6 Å². The number of allylic oxidation sites excluding steroid dienone is 5. The Hall–Kier alpha value is -3.34. The number of hydrogen-bond acceptors (Lipinski definition) is 2. The number of carbonyl (C=O) groups excluding carboxylic acids is 1. The molecule has 0 aromatic heterocycles. The van der Waals surface area contributed by atoms with E-state index in [1.165, 1.54) is 12.2 Å². The van der Waals surface area contributed by atoms with Crippen molar-refractivity contribution in [1.29, 1.82) is 0 Å². The van der Waals surface area contributed by atoms with Gasteiger partial charge in [0, 0.05) is 0 Å². The first-order valence-corrected chi connectivity index (χ1v) is 12.3. The Bertz CT molecular complexity index is 1150. The maximum Gasteiger partial charge on any atom is 0.416 e. The summed E-state index contributed by atoms with van der Waals surface area (Å²) in [5.74, 6) is -0.103. The second-order valence-corrected chi connectivity index (χ2v) is 9.19. The van der Waals surface area contributed by atoms with Gasteiger partial charge in [0.1, 0.15) is 5.75 Å². The van der Waals surface area contributed by atoms with E-state index in [1.807, 2.05) is 42.5 Å². The number of carbonyl (C=O) groups is 1. The molecule has 2 aromatic carbocycles. The lowest BCUT2D eigenvalue weighted by Gasteiger charge is -2.23. The molecule has 0 N–H and O–H groups in total. The minimum Gasteiger partial charge on any atom is -0.491 e. The third kappa shape index (κ3) is 6.87. The second-order valence-electron chi connectivity index (χ2n) is 9.19. The topological polar surface area (TPSA) is 26.3 Å². The number of halogens is 3. The molecule has 0 spiro atoms. The van der Waals surface area contributed by atoms with Crippen molar-refractivity contribution < 1.29 is 22.7 Å². The summed E-state index contributed by atoms with van der Waals surface area (Å²) in [6.45, 7) is 11.1. The molecule has 0 aliphatic heterocycles. The summed E-state index contributed by atoms with van der Waals surface area (Å²) < 4.78 is 46.4. The first-order valence-electron chi connectivity index (χ1n) is 12.3. The molecule has 36 heavy (non-hydrogen) atoms. The predicted octanol–water partition coefficient (Wildman–Crippen LogP) is 8.54. The lowest BCUT2D eigenvalue weighted by atomic mass is 9.80. The van der Waals surface area contributed by atoms with Crippen molar-refractivity contribution >= 4 is 11.9 Å². The lowest BCUT2D eigenvalue weighted by Crippen LogP contribution is -2.18. The molecule has 1 aliphatic rings. The Labute approximate surface area is 211 Å². The molecule has 2 unspecified atom stereocenters. The average molecular weight is 495 g/mol. The van der Waals surface area contributed by atoms with Gasteiger partial charge in [-0.15, -0.1) is 0 Å². The molecule has 5 heteroatoms. The van der Waals surface area contributed by atoms with Crippen LogP contribution in [0.1, 0.15) is 67.7 Å². The maximum absolute atomic E-state index is 13.5. The zero-order valence-corrected chi connectivity index (χ0v) is 20.9. The van der Waals surface area contributed by atoms with Crippen LogP contribution in [0.5, 0.6) is 5.75 Å². The summed E-state index contributed by atoms with van der Waals surface area (Å²) >= 11 is 0. The molecule has 2 atom stereocenters. The van der Waals surface area contributed by atoms with E-state index in [-0.39, 0.29) is 23.9 Å². The standard InChI is InChI=1S/C31H33F3O2/c1-5-8-9-21(4)36-26-15-11-22(12-16-26)18-23-10-13-25-14-17-30(35)28(27(25)19-23)20-24(6-2)29(7-3)31(32,33)34/h6-7,10-17,19,21,28H,2-3,5,8-9,18,20H2,1,4H3/b29-24-. The number of unbranched alkanes of at least 4 members (excludes halogenated alkanes) is 1. The molecular formula is C31H33F3O2.